The lowest BCUT2D eigenvalue weighted by molar-refractivity contribution is 0.0986. The van der Waals surface area contributed by atoms with Crippen molar-refractivity contribution in [1.29, 1.82) is 0 Å². The molecule has 0 spiro atoms. The molecule has 0 N–H and O–H groups in total. The van der Waals surface area contributed by atoms with Gasteiger partial charge in [0, 0.05) is 30.2 Å². The highest BCUT2D eigenvalue weighted by atomic mass is 35.5. The Morgan fingerprint density at radius 1 is 1.03 bits per heavy atom. The van der Waals surface area contributed by atoms with Crippen LogP contribution in [-0.2, 0) is 10.0 Å². The van der Waals surface area contributed by atoms with Crippen LogP contribution in [0.4, 0.5) is 5.13 Å². The minimum Gasteiger partial charge on any atom is -0.309 e. The van der Waals surface area contributed by atoms with Crippen molar-refractivity contribution in [3.8, 4) is 0 Å². The van der Waals surface area contributed by atoms with Gasteiger partial charge in [0.1, 0.15) is 0 Å². The molecule has 0 bridgehead atoms. The van der Waals surface area contributed by atoms with Crippen LogP contribution in [-0.4, -0.2) is 68.8 Å². The molecule has 2 heterocycles. The van der Waals surface area contributed by atoms with Crippen molar-refractivity contribution >= 4 is 54.2 Å². The Kier molecular flexibility index (Phi) is 8.44. The molecule has 2 aromatic carbocycles. The molecular weight excluding hydrogens is 504 g/mol. The predicted octanol–water partition coefficient (Wildman–Crippen LogP) is 5.11. The summed E-state index contributed by atoms with van der Waals surface area (Å²) < 4.78 is 28.7. The molecule has 35 heavy (non-hydrogen) atoms. The first-order valence-corrected chi connectivity index (χ1v) is 14.5. The van der Waals surface area contributed by atoms with Gasteiger partial charge in [-0.05, 0) is 82.4 Å². The zero-order valence-electron chi connectivity index (χ0n) is 20.1. The Bertz CT molecular complexity index is 1270. The minimum atomic E-state index is -3.57. The van der Waals surface area contributed by atoms with E-state index in [1.54, 1.807) is 39.5 Å². The third kappa shape index (κ3) is 6.21. The summed E-state index contributed by atoms with van der Waals surface area (Å²) in [5.74, 6) is -0.201. The van der Waals surface area contributed by atoms with E-state index in [1.807, 2.05) is 26.2 Å². The highest BCUT2D eigenvalue weighted by Crippen LogP contribution is 2.32. The minimum absolute atomic E-state index is 0.201. The van der Waals surface area contributed by atoms with Gasteiger partial charge < -0.3 is 4.90 Å². The molecular formula is C25H31ClN4O3S2. The van der Waals surface area contributed by atoms with Gasteiger partial charge in [-0.25, -0.2) is 13.4 Å². The fourth-order valence-electron chi connectivity index (χ4n) is 4.19. The predicted molar refractivity (Wildman–Crippen MR) is 143 cm³/mol. The SMILES string of the molecule is CN(C)CCCN(C(=O)c1ccc(S(=O)(=O)N2CCCCCC2)cc1)c1nc2ccc(Cl)cc2s1. The maximum absolute atomic E-state index is 13.6. The van der Waals surface area contributed by atoms with E-state index in [0.717, 1.165) is 48.9 Å². The van der Waals surface area contributed by atoms with Crippen molar-refractivity contribution in [3.05, 3.63) is 53.1 Å². The summed E-state index contributed by atoms with van der Waals surface area (Å²) in [7, 11) is 0.425. The van der Waals surface area contributed by atoms with Crippen LogP contribution in [0.5, 0.6) is 0 Å². The van der Waals surface area contributed by atoms with Gasteiger partial charge in [-0.15, -0.1) is 0 Å². The fourth-order valence-corrected chi connectivity index (χ4v) is 6.97. The van der Waals surface area contributed by atoms with Crippen molar-refractivity contribution in [3.63, 3.8) is 0 Å². The molecule has 1 aliphatic heterocycles. The average Bonchev–Trinajstić information content (AvgIpc) is 3.04. The van der Waals surface area contributed by atoms with E-state index >= 15 is 0 Å². The Labute approximate surface area is 216 Å². The van der Waals surface area contributed by atoms with Crippen LogP contribution in [0.3, 0.4) is 0 Å². The largest absolute Gasteiger partial charge is 0.309 e. The third-order valence-corrected chi connectivity index (χ3v) is 9.30. The van der Waals surface area contributed by atoms with E-state index in [-0.39, 0.29) is 10.8 Å². The van der Waals surface area contributed by atoms with Gasteiger partial charge in [0.25, 0.3) is 5.91 Å². The molecule has 7 nitrogen and oxygen atoms in total. The molecule has 1 amide bonds. The molecule has 0 aliphatic carbocycles. The van der Waals surface area contributed by atoms with Crippen LogP contribution in [0.2, 0.25) is 5.02 Å². The van der Waals surface area contributed by atoms with Crippen molar-refractivity contribution in [2.75, 3.05) is 45.2 Å². The lowest BCUT2D eigenvalue weighted by atomic mass is 10.2. The van der Waals surface area contributed by atoms with E-state index in [4.69, 9.17) is 11.6 Å². The van der Waals surface area contributed by atoms with Crippen LogP contribution in [0.1, 0.15) is 42.5 Å². The number of thiazole rings is 1. The second kappa shape index (κ2) is 11.3. The van der Waals surface area contributed by atoms with Crippen molar-refractivity contribution in [2.24, 2.45) is 0 Å². The number of anilines is 1. The first-order chi connectivity index (χ1) is 16.8. The number of halogens is 1. The number of aromatic nitrogens is 1. The van der Waals surface area contributed by atoms with E-state index < -0.39 is 10.0 Å². The number of carbonyl (C=O) groups is 1. The molecule has 10 heteroatoms. The summed E-state index contributed by atoms with van der Waals surface area (Å²) in [6.45, 7) is 2.42. The summed E-state index contributed by atoms with van der Waals surface area (Å²) in [6, 6.07) is 11.8. The summed E-state index contributed by atoms with van der Waals surface area (Å²) in [6.07, 6.45) is 4.65. The van der Waals surface area contributed by atoms with Crippen LogP contribution >= 0.6 is 22.9 Å². The number of carbonyl (C=O) groups excluding carboxylic acids is 1. The summed E-state index contributed by atoms with van der Waals surface area (Å²) in [5.41, 5.74) is 1.22. The Morgan fingerprint density at radius 2 is 1.71 bits per heavy atom. The van der Waals surface area contributed by atoms with Gasteiger partial charge in [-0.1, -0.05) is 35.8 Å². The molecule has 0 unspecified atom stereocenters. The Morgan fingerprint density at radius 3 is 2.37 bits per heavy atom. The van der Waals surface area contributed by atoms with Crippen molar-refractivity contribution in [1.82, 2.24) is 14.2 Å². The quantitative estimate of drug-likeness (QED) is 0.401. The summed E-state index contributed by atoms with van der Waals surface area (Å²) in [5, 5.41) is 1.23. The van der Waals surface area contributed by atoms with Crippen LogP contribution in [0.25, 0.3) is 10.2 Å². The molecule has 0 radical (unpaired) electrons. The molecule has 188 valence electrons. The van der Waals surface area contributed by atoms with Gasteiger partial charge in [-0.3, -0.25) is 9.69 Å². The molecule has 0 saturated carbocycles. The highest BCUT2D eigenvalue weighted by molar-refractivity contribution is 7.89. The van der Waals surface area contributed by atoms with E-state index in [0.29, 0.717) is 35.4 Å². The first-order valence-electron chi connectivity index (χ1n) is 11.9. The van der Waals surface area contributed by atoms with E-state index in [2.05, 4.69) is 9.88 Å². The van der Waals surface area contributed by atoms with E-state index in [9.17, 15) is 13.2 Å². The lowest BCUT2D eigenvalue weighted by Gasteiger charge is -2.22. The molecule has 4 rings (SSSR count). The van der Waals surface area contributed by atoms with Gasteiger partial charge >= 0.3 is 0 Å². The smallest absolute Gasteiger partial charge is 0.260 e. The number of sulfonamides is 1. The number of rotatable bonds is 8. The molecule has 1 saturated heterocycles. The standard InChI is InChI=1S/C25H31ClN4O3S2/c1-28(2)14-7-17-30(25-27-22-13-10-20(26)18-23(22)34-25)24(31)19-8-11-21(12-9-19)35(32,33)29-15-5-3-4-6-16-29/h8-13,18H,3-7,14-17H2,1-2H3. The van der Waals surface area contributed by atoms with Crippen LogP contribution in [0, 0.1) is 0 Å². The second-order valence-electron chi connectivity index (χ2n) is 9.06. The molecule has 1 fully saturated rings. The number of amides is 1. The number of benzene rings is 2. The van der Waals surface area contributed by atoms with Gasteiger partial charge in [0.2, 0.25) is 10.0 Å². The van der Waals surface area contributed by atoms with Crippen LogP contribution in [0.15, 0.2) is 47.4 Å². The monoisotopic (exact) mass is 534 g/mol. The molecule has 0 atom stereocenters. The maximum atomic E-state index is 13.6. The molecule has 1 aliphatic rings. The average molecular weight is 535 g/mol. The number of hydrogen-bond donors (Lipinski definition) is 0. The highest BCUT2D eigenvalue weighted by Gasteiger charge is 2.26. The fraction of sp³-hybridized carbons (Fsp3) is 0.440. The molecule has 1 aromatic heterocycles. The second-order valence-corrected chi connectivity index (χ2v) is 12.4. The van der Waals surface area contributed by atoms with E-state index in [1.165, 1.54) is 11.3 Å². The zero-order valence-corrected chi connectivity index (χ0v) is 22.5. The van der Waals surface area contributed by atoms with Crippen molar-refractivity contribution in [2.45, 2.75) is 37.0 Å². The summed E-state index contributed by atoms with van der Waals surface area (Å²) in [4.78, 5) is 22.2. The topological polar surface area (TPSA) is 73.8 Å². The molecule has 3 aromatic rings. The number of hydrogen-bond acceptors (Lipinski definition) is 6. The van der Waals surface area contributed by atoms with Gasteiger partial charge in [0.05, 0.1) is 15.1 Å². The zero-order chi connectivity index (χ0) is 25.0. The van der Waals surface area contributed by atoms with Gasteiger partial charge in [-0.2, -0.15) is 4.31 Å². The Hall–Kier alpha value is -2.04. The summed E-state index contributed by atoms with van der Waals surface area (Å²) >= 11 is 7.56. The number of fused-ring (bicyclic) bond motifs is 1. The van der Waals surface area contributed by atoms with Gasteiger partial charge in [0.15, 0.2) is 5.13 Å². The first kappa shape index (κ1) is 26.0. The Balaban J connectivity index is 1.59. The van der Waals surface area contributed by atoms with Crippen LogP contribution < -0.4 is 4.90 Å². The third-order valence-electron chi connectivity index (χ3n) is 6.11. The van der Waals surface area contributed by atoms with Crippen molar-refractivity contribution < 1.29 is 13.2 Å². The number of nitrogens with zero attached hydrogens (tertiary/aromatic N) is 4. The normalized spacial score (nSPS) is 15.4. The lowest BCUT2D eigenvalue weighted by Crippen LogP contribution is -2.34. The maximum Gasteiger partial charge on any atom is 0.260 e.